The van der Waals surface area contributed by atoms with Gasteiger partial charge in [0.25, 0.3) is 0 Å². The lowest BCUT2D eigenvalue weighted by molar-refractivity contribution is 0.0729. The fourth-order valence-electron chi connectivity index (χ4n) is 2.25. The smallest absolute Gasteiger partial charge is 0.351 e. The Morgan fingerprint density at radius 3 is 2.62 bits per heavy atom. The van der Waals surface area contributed by atoms with Crippen molar-refractivity contribution in [3.05, 3.63) is 69.0 Å². The first-order valence-electron chi connectivity index (χ1n) is 7.08. The topological polar surface area (TPSA) is 65.7 Å². The Labute approximate surface area is 142 Å². The Bertz CT molecular complexity index is 990. The highest BCUT2D eigenvalue weighted by Gasteiger charge is 2.17. The number of esters is 1. The van der Waals surface area contributed by atoms with Gasteiger partial charge in [-0.3, -0.25) is 0 Å². The number of carbonyl (C=O) groups excluding carboxylic acids is 1. The van der Waals surface area contributed by atoms with Gasteiger partial charge in [0.2, 0.25) is 0 Å². The van der Waals surface area contributed by atoms with Crippen molar-refractivity contribution in [1.82, 2.24) is 0 Å². The van der Waals surface area contributed by atoms with Crippen LogP contribution in [0.25, 0.3) is 11.0 Å². The Kier molecular flexibility index (Phi) is 4.27. The molecule has 0 saturated carbocycles. The Morgan fingerprint density at radius 2 is 1.92 bits per heavy atom. The standard InChI is InChI=1S/C18H13ClO5/c1-10-7-12(19)3-5-15(10)23-17(20)14-9-11-8-13(22-2)4-6-16(11)24-18(14)21/h3-9H,1-2H3. The maximum atomic E-state index is 12.3. The zero-order valence-corrected chi connectivity index (χ0v) is 13.7. The third-order valence-corrected chi connectivity index (χ3v) is 3.73. The van der Waals surface area contributed by atoms with Crippen LogP contribution in [0.15, 0.2) is 51.7 Å². The molecular weight excluding hydrogens is 332 g/mol. The van der Waals surface area contributed by atoms with Crippen molar-refractivity contribution in [2.75, 3.05) is 7.11 Å². The van der Waals surface area contributed by atoms with Gasteiger partial charge in [0.1, 0.15) is 22.6 Å². The number of methoxy groups -OCH3 is 1. The summed E-state index contributed by atoms with van der Waals surface area (Å²) in [6.45, 7) is 1.75. The predicted octanol–water partition coefficient (Wildman–Crippen LogP) is 3.98. The zero-order valence-electron chi connectivity index (χ0n) is 13.0. The predicted molar refractivity (Wildman–Crippen MR) is 90.2 cm³/mol. The summed E-state index contributed by atoms with van der Waals surface area (Å²) < 4.78 is 15.6. The normalized spacial score (nSPS) is 10.6. The van der Waals surface area contributed by atoms with Gasteiger partial charge in [-0.2, -0.15) is 0 Å². The molecule has 0 N–H and O–H groups in total. The van der Waals surface area contributed by atoms with E-state index in [9.17, 15) is 9.59 Å². The van der Waals surface area contributed by atoms with E-state index in [1.807, 2.05) is 0 Å². The van der Waals surface area contributed by atoms with Crippen molar-refractivity contribution in [1.29, 1.82) is 0 Å². The number of hydrogen-bond donors (Lipinski definition) is 0. The highest BCUT2D eigenvalue weighted by atomic mass is 35.5. The molecule has 1 aromatic heterocycles. The summed E-state index contributed by atoms with van der Waals surface area (Å²) in [6.07, 6.45) is 0. The first-order chi connectivity index (χ1) is 11.5. The molecule has 0 bridgehead atoms. The van der Waals surface area contributed by atoms with Gasteiger partial charge >= 0.3 is 11.6 Å². The Balaban J connectivity index is 1.99. The lowest BCUT2D eigenvalue weighted by Gasteiger charge is -2.08. The summed E-state index contributed by atoms with van der Waals surface area (Å²) in [4.78, 5) is 24.4. The van der Waals surface area contributed by atoms with Crippen LogP contribution in [-0.4, -0.2) is 13.1 Å². The first-order valence-corrected chi connectivity index (χ1v) is 7.46. The second-order valence-electron chi connectivity index (χ2n) is 5.15. The van der Waals surface area contributed by atoms with Gasteiger partial charge in [0, 0.05) is 10.4 Å². The minimum atomic E-state index is -0.793. The molecule has 24 heavy (non-hydrogen) atoms. The molecule has 0 unspecified atom stereocenters. The van der Waals surface area contributed by atoms with Gasteiger partial charge in [-0.1, -0.05) is 11.6 Å². The first kappa shape index (κ1) is 16.1. The molecule has 1 heterocycles. The average molecular weight is 345 g/mol. The SMILES string of the molecule is COc1ccc2oc(=O)c(C(=O)Oc3ccc(Cl)cc3C)cc2c1. The van der Waals surface area contributed by atoms with E-state index in [0.717, 1.165) is 0 Å². The van der Waals surface area contributed by atoms with Crippen LogP contribution >= 0.6 is 11.6 Å². The lowest BCUT2D eigenvalue weighted by Crippen LogP contribution is -2.19. The van der Waals surface area contributed by atoms with E-state index in [-0.39, 0.29) is 5.56 Å². The van der Waals surface area contributed by atoms with Crippen molar-refractivity contribution < 1.29 is 18.7 Å². The molecule has 0 fully saturated rings. The van der Waals surface area contributed by atoms with Gasteiger partial charge in [0.05, 0.1) is 7.11 Å². The third-order valence-electron chi connectivity index (χ3n) is 3.50. The van der Waals surface area contributed by atoms with Crippen molar-refractivity contribution >= 4 is 28.5 Å². The second kappa shape index (κ2) is 6.37. The molecule has 0 aliphatic rings. The number of carbonyl (C=O) groups is 1. The third kappa shape index (κ3) is 3.12. The molecule has 6 heteroatoms. The van der Waals surface area contributed by atoms with Crippen LogP contribution in [0.1, 0.15) is 15.9 Å². The summed E-state index contributed by atoms with van der Waals surface area (Å²) in [6, 6.07) is 11.2. The fraction of sp³-hybridized carbons (Fsp3) is 0.111. The summed E-state index contributed by atoms with van der Waals surface area (Å²) >= 11 is 5.87. The van der Waals surface area contributed by atoms with Crippen molar-refractivity contribution in [3.63, 3.8) is 0 Å². The van der Waals surface area contributed by atoms with Crippen LogP contribution in [0.3, 0.4) is 0 Å². The highest BCUT2D eigenvalue weighted by Crippen LogP contribution is 2.24. The number of halogens is 1. The van der Waals surface area contributed by atoms with Gasteiger partial charge in [-0.25, -0.2) is 9.59 Å². The molecule has 0 aliphatic heterocycles. The summed E-state index contributed by atoms with van der Waals surface area (Å²) in [5, 5.41) is 1.10. The molecule has 0 saturated heterocycles. The van der Waals surface area contributed by atoms with Gasteiger partial charge < -0.3 is 13.9 Å². The van der Waals surface area contributed by atoms with Crippen LogP contribution in [0.4, 0.5) is 0 Å². The largest absolute Gasteiger partial charge is 0.497 e. The van der Waals surface area contributed by atoms with Crippen LogP contribution in [0.5, 0.6) is 11.5 Å². The maximum absolute atomic E-state index is 12.3. The minimum Gasteiger partial charge on any atom is -0.497 e. The van der Waals surface area contributed by atoms with Crippen LogP contribution in [0.2, 0.25) is 5.02 Å². The number of rotatable bonds is 3. The summed E-state index contributed by atoms with van der Waals surface area (Å²) in [5.74, 6) is 0.123. The van der Waals surface area contributed by atoms with E-state index >= 15 is 0 Å². The number of fused-ring (bicyclic) bond motifs is 1. The van der Waals surface area contributed by atoms with Gasteiger partial charge in [-0.15, -0.1) is 0 Å². The number of hydrogen-bond acceptors (Lipinski definition) is 5. The summed E-state index contributed by atoms with van der Waals surface area (Å²) in [7, 11) is 1.53. The molecular formula is C18H13ClO5. The van der Waals surface area contributed by atoms with Crippen LogP contribution in [0, 0.1) is 6.92 Å². The van der Waals surface area contributed by atoms with Gasteiger partial charge in [0.15, 0.2) is 0 Å². The summed E-state index contributed by atoms with van der Waals surface area (Å²) in [5.41, 5.74) is 0.0945. The number of benzene rings is 2. The monoisotopic (exact) mass is 344 g/mol. The van der Waals surface area contributed by atoms with E-state index in [2.05, 4.69) is 0 Å². The van der Waals surface area contributed by atoms with E-state index in [1.54, 1.807) is 43.3 Å². The average Bonchev–Trinajstić information content (AvgIpc) is 2.56. The molecule has 3 rings (SSSR count). The number of ether oxygens (including phenoxy) is 2. The van der Waals surface area contributed by atoms with Crippen molar-refractivity contribution in [2.45, 2.75) is 6.92 Å². The molecule has 0 aliphatic carbocycles. The second-order valence-corrected chi connectivity index (χ2v) is 5.59. The molecule has 122 valence electrons. The Hall–Kier alpha value is -2.79. The lowest BCUT2D eigenvalue weighted by atomic mass is 10.1. The molecule has 0 radical (unpaired) electrons. The van der Waals surface area contributed by atoms with E-state index < -0.39 is 11.6 Å². The fourth-order valence-corrected chi connectivity index (χ4v) is 2.48. The number of aryl methyl sites for hydroxylation is 1. The van der Waals surface area contributed by atoms with Crippen LogP contribution in [-0.2, 0) is 0 Å². The highest BCUT2D eigenvalue weighted by molar-refractivity contribution is 6.30. The van der Waals surface area contributed by atoms with Crippen LogP contribution < -0.4 is 15.1 Å². The van der Waals surface area contributed by atoms with Crippen molar-refractivity contribution in [2.24, 2.45) is 0 Å². The van der Waals surface area contributed by atoms with E-state index in [0.29, 0.717) is 33.1 Å². The molecule has 0 spiro atoms. The molecule has 5 nitrogen and oxygen atoms in total. The zero-order chi connectivity index (χ0) is 17.3. The van der Waals surface area contributed by atoms with E-state index in [1.165, 1.54) is 13.2 Å². The molecule has 3 aromatic rings. The van der Waals surface area contributed by atoms with Crippen molar-refractivity contribution in [3.8, 4) is 11.5 Å². The molecule has 2 aromatic carbocycles. The molecule has 0 atom stereocenters. The molecule has 0 amide bonds. The Morgan fingerprint density at radius 1 is 1.12 bits per heavy atom. The quantitative estimate of drug-likeness (QED) is 0.408. The van der Waals surface area contributed by atoms with Gasteiger partial charge in [-0.05, 0) is 55.0 Å². The van der Waals surface area contributed by atoms with E-state index in [4.69, 9.17) is 25.5 Å². The minimum absolute atomic E-state index is 0.190. The maximum Gasteiger partial charge on any atom is 0.351 e.